The molecule has 2 heteroatoms. The van der Waals surface area contributed by atoms with E-state index in [9.17, 15) is 10.2 Å². The van der Waals surface area contributed by atoms with Crippen LogP contribution < -0.4 is 0 Å². The smallest absolute Gasteiger partial charge is 0.123 e. The molecule has 2 nitrogen and oxygen atoms in total. The molecule has 0 amide bonds. The van der Waals surface area contributed by atoms with Crippen molar-refractivity contribution in [1.82, 2.24) is 0 Å². The minimum atomic E-state index is -0.138. The zero-order valence-electron chi connectivity index (χ0n) is 20.1. The number of hydrogen-bond donors (Lipinski definition) is 2. The Morgan fingerprint density at radius 3 is 1.28 bits per heavy atom. The molecule has 0 spiro atoms. The molecule has 0 radical (unpaired) electrons. The highest BCUT2D eigenvalue weighted by Crippen LogP contribution is 2.41. The molecule has 0 aliphatic carbocycles. The molecule has 0 fully saturated rings. The molecular formula is C27H40O2. The topological polar surface area (TPSA) is 40.5 Å². The summed E-state index contributed by atoms with van der Waals surface area (Å²) in [6.45, 7) is 21.4. The lowest BCUT2D eigenvalue weighted by Gasteiger charge is -2.28. The standard InChI is InChI=1S/C27H40O2/c1-16(2)20-12-18(13-21(17(3)4)24(20)28)11-19-14-22(26(5,6)7)25(29)23(15-19)27(8,9)10/h12-17,28-29H,11H2,1-10H3. The van der Waals surface area contributed by atoms with Crippen LogP contribution in [-0.4, -0.2) is 10.2 Å². The molecule has 0 aliphatic heterocycles. The monoisotopic (exact) mass is 396 g/mol. The first-order chi connectivity index (χ1) is 13.1. The average molecular weight is 397 g/mol. The second kappa shape index (κ2) is 8.05. The summed E-state index contributed by atoms with van der Waals surface area (Å²) in [5.74, 6) is 1.39. The van der Waals surface area contributed by atoms with Crippen LogP contribution in [0.2, 0.25) is 0 Å². The molecule has 0 unspecified atom stereocenters. The maximum atomic E-state index is 11.0. The van der Waals surface area contributed by atoms with E-state index in [0.29, 0.717) is 11.5 Å². The second-order valence-corrected chi connectivity index (χ2v) is 11.1. The Hall–Kier alpha value is -1.96. The SMILES string of the molecule is CC(C)c1cc(Cc2cc(C(C)(C)C)c(O)c(C(C)(C)C)c2)cc(C(C)C)c1O. The van der Waals surface area contributed by atoms with Gasteiger partial charge in [-0.15, -0.1) is 0 Å². The van der Waals surface area contributed by atoms with Gasteiger partial charge in [-0.05, 0) is 62.5 Å². The van der Waals surface area contributed by atoms with Gasteiger partial charge in [0.05, 0.1) is 0 Å². The Kier molecular flexibility index (Phi) is 6.47. The quantitative estimate of drug-likeness (QED) is 0.560. The van der Waals surface area contributed by atoms with E-state index in [-0.39, 0.29) is 22.7 Å². The number of phenols is 2. The fraction of sp³-hybridized carbons (Fsp3) is 0.556. The first-order valence-corrected chi connectivity index (χ1v) is 10.9. The number of benzene rings is 2. The summed E-state index contributed by atoms with van der Waals surface area (Å²) < 4.78 is 0. The first-order valence-electron chi connectivity index (χ1n) is 10.9. The van der Waals surface area contributed by atoms with Crippen LogP contribution >= 0.6 is 0 Å². The highest BCUT2D eigenvalue weighted by atomic mass is 16.3. The molecule has 2 aromatic carbocycles. The molecule has 0 bridgehead atoms. The third-order valence-corrected chi connectivity index (χ3v) is 5.67. The summed E-state index contributed by atoms with van der Waals surface area (Å²) in [4.78, 5) is 0. The van der Waals surface area contributed by atoms with Crippen LogP contribution in [0.15, 0.2) is 24.3 Å². The van der Waals surface area contributed by atoms with E-state index in [4.69, 9.17) is 0 Å². The first kappa shape index (κ1) is 23.3. The van der Waals surface area contributed by atoms with Gasteiger partial charge in [0, 0.05) is 0 Å². The van der Waals surface area contributed by atoms with Crippen LogP contribution in [0.25, 0.3) is 0 Å². The predicted molar refractivity (Wildman–Crippen MR) is 125 cm³/mol. The molecule has 2 aromatic rings. The molecule has 2 N–H and O–H groups in total. The number of phenolic OH excluding ortho intramolecular Hbond substituents is 2. The zero-order valence-corrected chi connectivity index (χ0v) is 20.1. The molecular weight excluding hydrogens is 356 g/mol. The molecule has 0 aliphatic rings. The average Bonchev–Trinajstić information content (AvgIpc) is 2.55. The fourth-order valence-corrected chi connectivity index (χ4v) is 3.90. The number of rotatable bonds is 4. The van der Waals surface area contributed by atoms with Gasteiger partial charge in [0.2, 0.25) is 0 Å². The molecule has 0 saturated heterocycles. The van der Waals surface area contributed by atoms with Gasteiger partial charge in [-0.2, -0.15) is 0 Å². The fourth-order valence-electron chi connectivity index (χ4n) is 3.90. The van der Waals surface area contributed by atoms with Crippen LogP contribution in [0, 0.1) is 0 Å². The number of hydrogen-bond acceptors (Lipinski definition) is 2. The molecule has 0 heterocycles. The lowest BCUT2D eigenvalue weighted by atomic mass is 9.77. The molecule has 160 valence electrons. The minimum Gasteiger partial charge on any atom is -0.507 e. The van der Waals surface area contributed by atoms with Crippen molar-refractivity contribution in [2.24, 2.45) is 0 Å². The molecule has 0 saturated carbocycles. The van der Waals surface area contributed by atoms with E-state index in [0.717, 1.165) is 28.7 Å². The Labute approximate surface area is 178 Å². The molecule has 0 aromatic heterocycles. The Morgan fingerprint density at radius 2 is 0.966 bits per heavy atom. The summed E-state index contributed by atoms with van der Waals surface area (Å²) in [6.07, 6.45) is 0.784. The predicted octanol–water partition coefficient (Wildman–Crippen LogP) is 7.53. The van der Waals surface area contributed by atoms with Gasteiger partial charge in [-0.3, -0.25) is 0 Å². The summed E-state index contributed by atoms with van der Waals surface area (Å²) in [5.41, 5.74) is 6.14. The highest BCUT2D eigenvalue weighted by Gasteiger charge is 2.26. The van der Waals surface area contributed by atoms with E-state index in [1.54, 1.807) is 0 Å². The van der Waals surface area contributed by atoms with E-state index >= 15 is 0 Å². The molecule has 29 heavy (non-hydrogen) atoms. The maximum absolute atomic E-state index is 11.0. The number of aromatic hydroxyl groups is 2. The van der Waals surface area contributed by atoms with E-state index < -0.39 is 0 Å². The van der Waals surface area contributed by atoms with Crippen molar-refractivity contribution in [3.8, 4) is 11.5 Å². The van der Waals surface area contributed by atoms with Gasteiger partial charge in [-0.1, -0.05) is 93.5 Å². The highest BCUT2D eigenvalue weighted by molar-refractivity contribution is 5.52. The van der Waals surface area contributed by atoms with Crippen molar-refractivity contribution in [2.75, 3.05) is 0 Å². The third-order valence-electron chi connectivity index (χ3n) is 5.67. The lowest BCUT2D eigenvalue weighted by Crippen LogP contribution is -2.18. The Balaban J connectivity index is 2.65. The molecule has 0 atom stereocenters. The van der Waals surface area contributed by atoms with Gasteiger partial charge in [0.25, 0.3) is 0 Å². The normalized spacial score (nSPS) is 12.8. The summed E-state index contributed by atoms with van der Waals surface area (Å²) in [5, 5.41) is 21.7. The van der Waals surface area contributed by atoms with Crippen molar-refractivity contribution in [3.05, 3.63) is 57.6 Å². The van der Waals surface area contributed by atoms with E-state index in [2.05, 4.69) is 93.5 Å². The van der Waals surface area contributed by atoms with Gasteiger partial charge in [0.15, 0.2) is 0 Å². The van der Waals surface area contributed by atoms with E-state index in [1.165, 1.54) is 11.1 Å². The van der Waals surface area contributed by atoms with Gasteiger partial charge in [0.1, 0.15) is 11.5 Å². The van der Waals surface area contributed by atoms with Crippen LogP contribution in [-0.2, 0) is 17.3 Å². The van der Waals surface area contributed by atoms with Crippen LogP contribution in [0.5, 0.6) is 11.5 Å². The lowest BCUT2D eigenvalue weighted by molar-refractivity contribution is 0.423. The zero-order chi connectivity index (χ0) is 22.3. The summed E-state index contributed by atoms with van der Waals surface area (Å²) >= 11 is 0. The van der Waals surface area contributed by atoms with Crippen LogP contribution in [0.4, 0.5) is 0 Å². The van der Waals surface area contributed by atoms with E-state index in [1.807, 2.05) is 0 Å². The third kappa shape index (κ3) is 5.15. The van der Waals surface area contributed by atoms with Gasteiger partial charge < -0.3 is 10.2 Å². The largest absolute Gasteiger partial charge is 0.507 e. The summed E-state index contributed by atoms with van der Waals surface area (Å²) in [6, 6.07) is 8.60. The van der Waals surface area contributed by atoms with Crippen molar-refractivity contribution < 1.29 is 10.2 Å². The van der Waals surface area contributed by atoms with Gasteiger partial charge >= 0.3 is 0 Å². The Bertz CT molecular complexity index is 810. The minimum absolute atomic E-state index is 0.138. The summed E-state index contributed by atoms with van der Waals surface area (Å²) in [7, 11) is 0. The Morgan fingerprint density at radius 1 is 0.621 bits per heavy atom. The van der Waals surface area contributed by atoms with Crippen LogP contribution in [0.3, 0.4) is 0 Å². The van der Waals surface area contributed by atoms with Crippen molar-refractivity contribution in [1.29, 1.82) is 0 Å². The van der Waals surface area contributed by atoms with Crippen molar-refractivity contribution in [2.45, 2.75) is 98.3 Å². The molecule has 2 rings (SSSR count). The maximum Gasteiger partial charge on any atom is 0.123 e. The van der Waals surface area contributed by atoms with Crippen LogP contribution in [0.1, 0.15) is 114 Å². The second-order valence-electron chi connectivity index (χ2n) is 11.1. The van der Waals surface area contributed by atoms with Crippen molar-refractivity contribution >= 4 is 0 Å². The van der Waals surface area contributed by atoms with Crippen molar-refractivity contribution in [3.63, 3.8) is 0 Å². The van der Waals surface area contributed by atoms with Gasteiger partial charge in [-0.25, -0.2) is 0 Å².